The molecule has 1 atom stereocenters. The minimum absolute atomic E-state index is 0.183. The molecule has 1 aromatic carbocycles. The summed E-state index contributed by atoms with van der Waals surface area (Å²) in [6, 6.07) is 2.54. The van der Waals surface area contributed by atoms with Crippen molar-refractivity contribution in [2.75, 3.05) is 0 Å². The van der Waals surface area contributed by atoms with E-state index in [1.54, 1.807) is 31.0 Å². The van der Waals surface area contributed by atoms with Crippen LogP contribution in [0.1, 0.15) is 28.9 Å². The van der Waals surface area contributed by atoms with E-state index in [0.717, 1.165) is 17.7 Å². The van der Waals surface area contributed by atoms with Gasteiger partial charge < -0.3 is 5.32 Å². The maximum Gasteiger partial charge on any atom is 0.254 e. The second kappa shape index (κ2) is 5.17. The first kappa shape index (κ1) is 13.2. The van der Waals surface area contributed by atoms with E-state index in [0.29, 0.717) is 6.07 Å². The molecule has 19 heavy (non-hydrogen) atoms. The van der Waals surface area contributed by atoms with Crippen LogP contribution in [0.2, 0.25) is 0 Å². The van der Waals surface area contributed by atoms with Gasteiger partial charge in [0.25, 0.3) is 5.91 Å². The molecule has 0 spiro atoms. The molecule has 0 radical (unpaired) electrons. The van der Waals surface area contributed by atoms with Gasteiger partial charge in [0.2, 0.25) is 0 Å². The molecule has 0 aliphatic carbocycles. The van der Waals surface area contributed by atoms with Crippen LogP contribution in [0.4, 0.5) is 8.78 Å². The molecule has 100 valence electrons. The van der Waals surface area contributed by atoms with E-state index in [-0.39, 0.29) is 11.6 Å². The highest BCUT2D eigenvalue weighted by Gasteiger charge is 2.16. The van der Waals surface area contributed by atoms with Crippen molar-refractivity contribution in [2.45, 2.75) is 13.0 Å². The number of carbonyl (C=O) groups excluding carboxylic acids is 1. The highest BCUT2D eigenvalue weighted by molar-refractivity contribution is 5.94. The third kappa shape index (κ3) is 2.96. The number of nitrogens with one attached hydrogen (secondary N) is 1. The Morgan fingerprint density at radius 2 is 2.16 bits per heavy atom. The summed E-state index contributed by atoms with van der Waals surface area (Å²) < 4.78 is 27.8. The summed E-state index contributed by atoms with van der Waals surface area (Å²) in [5, 5.41) is 6.62. The average Bonchev–Trinajstić information content (AvgIpc) is 2.75. The van der Waals surface area contributed by atoms with Crippen molar-refractivity contribution >= 4 is 5.91 Å². The van der Waals surface area contributed by atoms with Crippen LogP contribution in [0.15, 0.2) is 30.6 Å². The van der Waals surface area contributed by atoms with Crippen molar-refractivity contribution in [3.05, 3.63) is 53.4 Å². The topological polar surface area (TPSA) is 46.9 Å². The Bertz CT molecular complexity index is 610. The van der Waals surface area contributed by atoms with Gasteiger partial charge in [0.1, 0.15) is 11.6 Å². The first-order valence-electron chi connectivity index (χ1n) is 5.72. The summed E-state index contributed by atoms with van der Waals surface area (Å²) in [7, 11) is 1.76. The van der Waals surface area contributed by atoms with Gasteiger partial charge in [-0.3, -0.25) is 9.48 Å². The minimum Gasteiger partial charge on any atom is -0.345 e. The quantitative estimate of drug-likeness (QED) is 0.924. The molecule has 0 saturated carbocycles. The predicted molar refractivity (Wildman–Crippen MR) is 65.4 cm³/mol. The smallest absolute Gasteiger partial charge is 0.254 e. The van der Waals surface area contributed by atoms with Gasteiger partial charge in [-0.2, -0.15) is 5.10 Å². The van der Waals surface area contributed by atoms with E-state index in [1.807, 2.05) is 0 Å². The van der Waals surface area contributed by atoms with Crippen molar-refractivity contribution in [3.8, 4) is 0 Å². The number of carbonyl (C=O) groups is 1. The van der Waals surface area contributed by atoms with Gasteiger partial charge in [0.15, 0.2) is 0 Å². The van der Waals surface area contributed by atoms with Crippen LogP contribution in [-0.2, 0) is 7.05 Å². The molecular formula is C13H13F2N3O. The molecule has 1 aromatic heterocycles. The summed E-state index contributed by atoms with van der Waals surface area (Å²) in [5.74, 6) is -2.18. The fourth-order valence-corrected chi connectivity index (χ4v) is 1.70. The van der Waals surface area contributed by atoms with E-state index in [9.17, 15) is 13.6 Å². The maximum atomic E-state index is 13.4. The van der Waals surface area contributed by atoms with Crippen LogP contribution < -0.4 is 5.32 Å². The number of halogens is 2. The monoisotopic (exact) mass is 265 g/mol. The number of benzene rings is 1. The van der Waals surface area contributed by atoms with Crippen molar-refractivity contribution in [2.24, 2.45) is 7.05 Å². The van der Waals surface area contributed by atoms with E-state index in [4.69, 9.17) is 0 Å². The molecule has 2 aromatic rings. The minimum atomic E-state index is -0.879. The number of aryl methyl sites for hydroxylation is 1. The lowest BCUT2D eigenvalue weighted by molar-refractivity contribution is 0.0935. The molecule has 1 heterocycles. The maximum absolute atomic E-state index is 13.4. The van der Waals surface area contributed by atoms with E-state index >= 15 is 0 Å². The lowest BCUT2D eigenvalue weighted by atomic mass is 10.1. The molecule has 1 amide bonds. The van der Waals surface area contributed by atoms with Crippen LogP contribution in [0.5, 0.6) is 0 Å². The molecule has 0 unspecified atom stereocenters. The van der Waals surface area contributed by atoms with Gasteiger partial charge in [0.05, 0.1) is 17.8 Å². The predicted octanol–water partition coefficient (Wildman–Crippen LogP) is 2.19. The van der Waals surface area contributed by atoms with Crippen LogP contribution in [0.3, 0.4) is 0 Å². The highest BCUT2D eigenvalue weighted by Crippen LogP contribution is 2.14. The third-order valence-electron chi connectivity index (χ3n) is 2.75. The average molecular weight is 265 g/mol. The Kier molecular flexibility index (Phi) is 3.59. The van der Waals surface area contributed by atoms with Crippen LogP contribution >= 0.6 is 0 Å². The van der Waals surface area contributed by atoms with E-state index in [2.05, 4.69) is 10.4 Å². The van der Waals surface area contributed by atoms with Crippen molar-refractivity contribution in [1.29, 1.82) is 0 Å². The Morgan fingerprint density at radius 3 is 2.74 bits per heavy atom. The molecule has 0 saturated heterocycles. The zero-order valence-electron chi connectivity index (χ0n) is 10.5. The summed E-state index contributed by atoms with van der Waals surface area (Å²) in [6.45, 7) is 1.76. The number of hydrogen-bond donors (Lipinski definition) is 1. The van der Waals surface area contributed by atoms with Crippen molar-refractivity contribution in [3.63, 3.8) is 0 Å². The van der Waals surface area contributed by atoms with Gasteiger partial charge in [-0.1, -0.05) is 0 Å². The lowest BCUT2D eigenvalue weighted by Gasteiger charge is -2.12. The van der Waals surface area contributed by atoms with Crippen molar-refractivity contribution < 1.29 is 13.6 Å². The van der Waals surface area contributed by atoms with Gasteiger partial charge in [-0.05, 0) is 19.1 Å². The third-order valence-corrected chi connectivity index (χ3v) is 2.75. The first-order chi connectivity index (χ1) is 8.97. The Labute approximate surface area is 109 Å². The molecule has 2 rings (SSSR count). The molecular weight excluding hydrogens is 252 g/mol. The second-order valence-corrected chi connectivity index (χ2v) is 4.27. The van der Waals surface area contributed by atoms with Gasteiger partial charge in [0, 0.05) is 24.9 Å². The summed E-state index contributed by atoms with van der Waals surface area (Å²) in [4.78, 5) is 11.9. The Hall–Kier alpha value is -2.24. The largest absolute Gasteiger partial charge is 0.345 e. The molecule has 0 aliphatic heterocycles. The van der Waals surface area contributed by atoms with Crippen molar-refractivity contribution in [1.82, 2.24) is 15.1 Å². The van der Waals surface area contributed by atoms with Gasteiger partial charge in [-0.15, -0.1) is 0 Å². The highest BCUT2D eigenvalue weighted by atomic mass is 19.1. The zero-order valence-corrected chi connectivity index (χ0v) is 10.5. The number of amides is 1. The summed E-state index contributed by atoms with van der Waals surface area (Å²) in [6.07, 6.45) is 3.37. The zero-order chi connectivity index (χ0) is 14.0. The fraction of sp³-hybridized carbons (Fsp3) is 0.231. The lowest BCUT2D eigenvalue weighted by Crippen LogP contribution is -2.27. The van der Waals surface area contributed by atoms with Crippen LogP contribution in [0, 0.1) is 11.6 Å². The number of rotatable bonds is 3. The molecule has 4 nitrogen and oxygen atoms in total. The molecule has 0 fully saturated rings. The molecule has 0 aliphatic rings. The Morgan fingerprint density at radius 1 is 1.42 bits per heavy atom. The first-order valence-corrected chi connectivity index (χ1v) is 5.72. The standard InChI is InChI=1S/C13H13F2N3O/c1-8(9-6-16-18(2)7-9)17-13(19)11-4-3-10(14)5-12(11)15/h3-8H,1-2H3,(H,17,19)/t8-/m1/s1. The normalized spacial score (nSPS) is 12.2. The molecule has 0 bridgehead atoms. The summed E-state index contributed by atoms with van der Waals surface area (Å²) in [5.41, 5.74) is 0.621. The number of aromatic nitrogens is 2. The number of nitrogens with zero attached hydrogens (tertiary/aromatic N) is 2. The van der Waals surface area contributed by atoms with Crippen LogP contribution in [-0.4, -0.2) is 15.7 Å². The Balaban J connectivity index is 2.12. The van der Waals surface area contributed by atoms with Crippen LogP contribution in [0.25, 0.3) is 0 Å². The summed E-state index contributed by atoms with van der Waals surface area (Å²) >= 11 is 0. The SMILES string of the molecule is C[C@@H](NC(=O)c1ccc(F)cc1F)c1cnn(C)c1. The van der Waals surface area contributed by atoms with E-state index in [1.165, 1.54) is 0 Å². The van der Waals surface area contributed by atoms with Gasteiger partial charge >= 0.3 is 0 Å². The fourth-order valence-electron chi connectivity index (χ4n) is 1.70. The molecule has 6 heteroatoms. The van der Waals surface area contributed by atoms with E-state index < -0.39 is 17.5 Å². The molecule has 1 N–H and O–H groups in total. The van der Waals surface area contributed by atoms with Gasteiger partial charge in [-0.25, -0.2) is 8.78 Å². The number of hydrogen-bond acceptors (Lipinski definition) is 2. The second-order valence-electron chi connectivity index (χ2n) is 4.27.